The SMILES string of the molecule is Cc1ccccc1N(CC(=O)NCCOCc1ccccc1)S(=O)(=O)c1ccccc1. The number of para-hydroxylation sites is 1. The maximum atomic E-state index is 13.3. The summed E-state index contributed by atoms with van der Waals surface area (Å²) < 4.78 is 33.3. The maximum absolute atomic E-state index is 13.3. The van der Waals surface area contributed by atoms with Crippen molar-refractivity contribution >= 4 is 21.6 Å². The quantitative estimate of drug-likeness (QED) is 0.492. The lowest BCUT2D eigenvalue weighted by Crippen LogP contribution is -2.42. The predicted octanol–water partition coefficient (Wildman–Crippen LogP) is 3.52. The van der Waals surface area contributed by atoms with E-state index in [-0.39, 0.29) is 11.4 Å². The third-order valence-electron chi connectivity index (χ3n) is 4.68. The molecule has 6 nitrogen and oxygen atoms in total. The minimum atomic E-state index is -3.90. The van der Waals surface area contributed by atoms with Gasteiger partial charge in [0.1, 0.15) is 6.54 Å². The lowest BCUT2D eigenvalue weighted by Gasteiger charge is -2.25. The molecular weight excluding hydrogens is 412 g/mol. The first-order valence-corrected chi connectivity index (χ1v) is 11.4. The van der Waals surface area contributed by atoms with Crippen molar-refractivity contribution in [3.05, 3.63) is 96.1 Å². The summed E-state index contributed by atoms with van der Waals surface area (Å²) in [5, 5.41) is 2.74. The fourth-order valence-electron chi connectivity index (χ4n) is 3.08. The van der Waals surface area contributed by atoms with Gasteiger partial charge in [-0.2, -0.15) is 0 Å². The molecule has 1 amide bonds. The molecule has 0 fully saturated rings. The molecule has 3 aromatic carbocycles. The van der Waals surface area contributed by atoms with Crippen LogP contribution in [0.4, 0.5) is 5.69 Å². The van der Waals surface area contributed by atoms with Crippen molar-refractivity contribution in [2.45, 2.75) is 18.4 Å². The molecular formula is C24H26N2O4S. The highest BCUT2D eigenvalue weighted by Gasteiger charge is 2.27. The Morgan fingerprint density at radius 3 is 2.19 bits per heavy atom. The smallest absolute Gasteiger partial charge is 0.264 e. The lowest BCUT2D eigenvalue weighted by molar-refractivity contribution is -0.119. The van der Waals surface area contributed by atoms with E-state index in [9.17, 15) is 13.2 Å². The second-order valence-electron chi connectivity index (χ2n) is 7.00. The van der Waals surface area contributed by atoms with E-state index in [1.54, 1.807) is 30.3 Å². The van der Waals surface area contributed by atoms with Gasteiger partial charge in [0.05, 0.1) is 23.8 Å². The third-order valence-corrected chi connectivity index (χ3v) is 6.46. The Hall–Kier alpha value is -3.16. The minimum Gasteiger partial charge on any atom is -0.375 e. The normalized spacial score (nSPS) is 11.1. The number of ether oxygens (including phenoxy) is 1. The van der Waals surface area contributed by atoms with Crippen molar-refractivity contribution in [2.75, 3.05) is 24.0 Å². The van der Waals surface area contributed by atoms with Gasteiger partial charge in [-0.3, -0.25) is 9.10 Å². The summed E-state index contributed by atoms with van der Waals surface area (Å²) in [6.45, 7) is 2.57. The van der Waals surface area contributed by atoms with E-state index in [0.29, 0.717) is 25.4 Å². The van der Waals surface area contributed by atoms with E-state index in [1.807, 2.05) is 49.4 Å². The highest BCUT2D eigenvalue weighted by Crippen LogP contribution is 2.26. The van der Waals surface area contributed by atoms with Gasteiger partial charge in [0, 0.05) is 6.54 Å². The Morgan fingerprint density at radius 1 is 0.903 bits per heavy atom. The van der Waals surface area contributed by atoms with Crippen molar-refractivity contribution in [1.29, 1.82) is 0 Å². The molecule has 0 atom stereocenters. The molecule has 0 spiro atoms. The number of rotatable bonds is 10. The van der Waals surface area contributed by atoms with E-state index in [2.05, 4.69) is 5.32 Å². The molecule has 0 saturated heterocycles. The number of amides is 1. The fourth-order valence-corrected chi connectivity index (χ4v) is 4.58. The largest absolute Gasteiger partial charge is 0.375 e. The van der Waals surface area contributed by atoms with E-state index < -0.39 is 15.9 Å². The van der Waals surface area contributed by atoms with Gasteiger partial charge in [0.25, 0.3) is 10.0 Å². The fraction of sp³-hybridized carbons (Fsp3) is 0.208. The first-order chi connectivity index (χ1) is 15.0. The van der Waals surface area contributed by atoms with Crippen LogP contribution in [0.25, 0.3) is 0 Å². The molecule has 3 aromatic rings. The van der Waals surface area contributed by atoms with Crippen molar-refractivity contribution in [2.24, 2.45) is 0 Å². The molecule has 0 unspecified atom stereocenters. The number of hydrogen-bond donors (Lipinski definition) is 1. The van der Waals surface area contributed by atoms with Gasteiger partial charge in [0.15, 0.2) is 0 Å². The Labute approximate surface area is 183 Å². The average molecular weight is 439 g/mol. The number of anilines is 1. The number of carbonyl (C=O) groups excluding carboxylic acids is 1. The van der Waals surface area contributed by atoms with E-state index in [1.165, 1.54) is 12.1 Å². The van der Waals surface area contributed by atoms with E-state index >= 15 is 0 Å². The Bertz CT molecular complexity index is 1090. The molecule has 0 bridgehead atoms. The summed E-state index contributed by atoms with van der Waals surface area (Å²) in [6.07, 6.45) is 0. The zero-order valence-corrected chi connectivity index (χ0v) is 18.2. The van der Waals surface area contributed by atoms with Gasteiger partial charge >= 0.3 is 0 Å². The maximum Gasteiger partial charge on any atom is 0.264 e. The molecule has 1 N–H and O–H groups in total. The standard InChI is InChI=1S/C24H26N2O4S/c1-20-10-8-9-15-23(20)26(31(28,29)22-13-6-3-7-14-22)18-24(27)25-16-17-30-19-21-11-4-2-5-12-21/h2-15H,16-19H2,1H3,(H,25,27). The first kappa shape index (κ1) is 22.5. The molecule has 0 aromatic heterocycles. The summed E-state index contributed by atoms with van der Waals surface area (Å²) in [4.78, 5) is 12.7. The Kier molecular flexibility index (Phi) is 7.81. The van der Waals surface area contributed by atoms with Crippen molar-refractivity contribution in [1.82, 2.24) is 5.32 Å². The molecule has 7 heteroatoms. The summed E-state index contributed by atoms with van der Waals surface area (Å²) in [5.41, 5.74) is 2.29. The van der Waals surface area contributed by atoms with Crippen LogP contribution in [-0.4, -0.2) is 34.0 Å². The number of sulfonamides is 1. The zero-order valence-electron chi connectivity index (χ0n) is 17.4. The summed E-state index contributed by atoms with van der Waals surface area (Å²) in [6, 6.07) is 25.0. The molecule has 0 saturated carbocycles. The first-order valence-electron chi connectivity index (χ1n) is 10.0. The van der Waals surface area contributed by atoms with E-state index in [0.717, 1.165) is 15.4 Å². The lowest BCUT2D eigenvalue weighted by atomic mass is 10.2. The van der Waals surface area contributed by atoms with Crippen LogP contribution in [0.2, 0.25) is 0 Å². The van der Waals surface area contributed by atoms with Crippen LogP contribution >= 0.6 is 0 Å². The van der Waals surface area contributed by atoms with Crippen LogP contribution in [0.1, 0.15) is 11.1 Å². The Morgan fingerprint density at radius 2 is 1.52 bits per heavy atom. The number of nitrogens with one attached hydrogen (secondary N) is 1. The van der Waals surface area contributed by atoms with Crippen LogP contribution < -0.4 is 9.62 Å². The third kappa shape index (κ3) is 6.16. The molecule has 3 rings (SSSR count). The molecule has 0 aliphatic carbocycles. The van der Waals surface area contributed by atoms with Crippen LogP contribution in [-0.2, 0) is 26.2 Å². The van der Waals surface area contributed by atoms with E-state index in [4.69, 9.17) is 4.74 Å². The summed E-state index contributed by atoms with van der Waals surface area (Å²) in [7, 11) is -3.90. The zero-order chi connectivity index (χ0) is 22.1. The van der Waals surface area contributed by atoms with Gasteiger partial charge in [0.2, 0.25) is 5.91 Å². The van der Waals surface area contributed by atoms with Crippen molar-refractivity contribution in [3.63, 3.8) is 0 Å². The highest BCUT2D eigenvalue weighted by atomic mass is 32.2. The van der Waals surface area contributed by atoms with Crippen LogP contribution in [0.15, 0.2) is 89.8 Å². The highest BCUT2D eigenvalue weighted by molar-refractivity contribution is 7.92. The molecule has 162 valence electrons. The van der Waals surface area contributed by atoms with Gasteiger partial charge in [-0.25, -0.2) is 8.42 Å². The number of carbonyl (C=O) groups is 1. The number of benzene rings is 3. The monoisotopic (exact) mass is 438 g/mol. The van der Waals surface area contributed by atoms with Crippen LogP contribution in [0.5, 0.6) is 0 Å². The second-order valence-corrected chi connectivity index (χ2v) is 8.86. The molecule has 0 aliphatic rings. The summed E-state index contributed by atoms with van der Waals surface area (Å²) >= 11 is 0. The van der Waals surface area contributed by atoms with Gasteiger partial charge in [-0.1, -0.05) is 66.7 Å². The average Bonchev–Trinajstić information content (AvgIpc) is 2.79. The minimum absolute atomic E-state index is 0.136. The second kappa shape index (κ2) is 10.7. The number of nitrogens with zero attached hydrogens (tertiary/aromatic N) is 1. The van der Waals surface area contributed by atoms with Crippen LogP contribution in [0, 0.1) is 6.92 Å². The van der Waals surface area contributed by atoms with Crippen LogP contribution in [0.3, 0.4) is 0 Å². The van der Waals surface area contributed by atoms with Crippen molar-refractivity contribution in [3.8, 4) is 0 Å². The molecule has 0 radical (unpaired) electrons. The van der Waals surface area contributed by atoms with Gasteiger partial charge in [-0.05, 0) is 36.2 Å². The molecule has 0 aliphatic heterocycles. The van der Waals surface area contributed by atoms with Gasteiger partial charge < -0.3 is 10.1 Å². The summed E-state index contributed by atoms with van der Waals surface area (Å²) in [5.74, 6) is -0.397. The predicted molar refractivity (Wildman–Crippen MR) is 121 cm³/mol. The molecule has 31 heavy (non-hydrogen) atoms. The van der Waals surface area contributed by atoms with Gasteiger partial charge in [-0.15, -0.1) is 0 Å². The Balaban J connectivity index is 1.65. The molecule has 0 heterocycles. The number of aryl methyl sites for hydroxylation is 1. The number of hydrogen-bond acceptors (Lipinski definition) is 4. The topological polar surface area (TPSA) is 75.7 Å². The van der Waals surface area contributed by atoms with Crippen molar-refractivity contribution < 1.29 is 17.9 Å².